The Morgan fingerprint density at radius 2 is 1.82 bits per heavy atom. The molecule has 0 bridgehead atoms. The molecule has 0 fully saturated rings. The molecule has 1 aromatic rings. The molecule has 11 heavy (non-hydrogen) atoms. The van der Waals surface area contributed by atoms with Crippen LogP contribution in [-0.4, -0.2) is 17.4 Å². The Labute approximate surface area is 79.8 Å². The summed E-state index contributed by atoms with van der Waals surface area (Å²) in [7, 11) is 0. The molecular formula is C10H16Al. The van der Waals surface area contributed by atoms with E-state index in [2.05, 4.69) is 38.1 Å². The van der Waals surface area contributed by atoms with Gasteiger partial charge in [0.15, 0.2) is 17.4 Å². The van der Waals surface area contributed by atoms with Gasteiger partial charge >= 0.3 is 0 Å². The van der Waals surface area contributed by atoms with Crippen molar-refractivity contribution in [2.24, 2.45) is 0 Å². The smallest absolute Gasteiger partial charge is 0.0648 e. The maximum absolute atomic E-state index is 4.03. The number of benzene rings is 1. The largest absolute Gasteiger partial charge is 0.187 e. The van der Waals surface area contributed by atoms with Crippen LogP contribution in [0.2, 0.25) is 0 Å². The molecule has 0 heterocycles. The second kappa shape index (κ2) is 5.41. The second-order valence-corrected chi connectivity index (χ2v) is 2.52. The van der Waals surface area contributed by atoms with Crippen molar-refractivity contribution >= 4 is 17.4 Å². The number of hydrogen-bond donors (Lipinski definition) is 0. The quantitative estimate of drug-likeness (QED) is 0.583. The average molecular weight is 163 g/mol. The molecule has 0 aliphatic carbocycles. The molecule has 0 spiro atoms. The van der Waals surface area contributed by atoms with Crippen LogP contribution >= 0.6 is 0 Å². The molecule has 0 saturated carbocycles. The normalized spacial score (nSPS) is 11.8. The van der Waals surface area contributed by atoms with Gasteiger partial charge in [-0.2, -0.15) is 0 Å². The van der Waals surface area contributed by atoms with Crippen molar-refractivity contribution in [1.29, 1.82) is 0 Å². The standard InChI is InChI=1S/C10H13.Al.3H/c1-3-9(2)10-7-5-4-6-8-10;;;;/h4-9H,2-3H2,1H3;;;;. The van der Waals surface area contributed by atoms with Crippen LogP contribution in [0.4, 0.5) is 0 Å². The van der Waals surface area contributed by atoms with Gasteiger partial charge in [-0.1, -0.05) is 37.3 Å². The van der Waals surface area contributed by atoms with E-state index < -0.39 is 0 Å². The van der Waals surface area contributed by atoms with Crippen molar-refractivity contribution in [3.05, 3.63) is 42.8 Å². The Kier molecular flexibility index (Phi) is 5.29. The molecule has 0 aliphatic rings. The molecule has 0 aromatic heterocycles. The van der Waals surface area contributed by atoms with Crippen molar-refractivity contribution in [1.82, 2.24) is 0 Å². The lowest BCUT2D eigenvalue weighted by molar-refractivity contribution is 0.802. The van der Waals surface area contributed by atoms with Crippen LogP contribution in [-0.2, 0) is 0 Å². The lowest BCUT2D eigenvalue weighted by atomic mass is 9.99. The highest BCUT2D eigenvalue weighted by atomic mass is 27.0. The van der Waals surface area contributed by atoms with E-state index >= 15 is 0 Å². The number of rotatable bonds is 2. The number of hydrogen-bond acceptors (Lipinski definition) is 0. The van der Waals surface area contributed by atoms with Gasteiger partial charge in [0, 0.05) is 0 Å². The Balaban J connectivity index is 0.000001000. The molecular weight excluding hydrogens is 147 g/mol. The fourth-order valence-electron chi connectivity index (χ4n) is 0.961. The summed E-state index contributed by atoms with van der Waals surface area (Å²) in [4.78, 5) is 0. The predicted molar refractivity (Wildman–Crippen MR) is 54.8 cm³/mol. The van der Waals surface area contributed by atoms with Gasteiger partial charge in [0.2, 0.25) is 0 Å². The van der Waals surface area contributed by atoms with Gasteiger partial charge in [-0.3, -0.25) is 0 Å². The third-order valence-electron chi connectivity index (χ3n) is 1.76. The topological polar surface area (TPSA) is 0 Å². The Hall–Kier alpha value is -0.248. The van der Waals surface area contributed by atoms with Crippen LogP contribution in [0, 0.1) is 6.92 Å². The second-order valence-electron chi connectivity index (χ2n) is 2.52. The Bertz CT molecular complexity index is 181. The van der Waals surface area contributed by atoms with Crippen LogP contribution in [0.1, 0.15) is 24.8 Å². The Morgan fingerprint density at radius 3 is 2.27 bits per heavy atom. The molecule has 1 rings (SSSR count). The molecule has 1 radical (unpaired) electrons. The highest BCUT2D eigenvalue weighted by Gasteiger charge is 1.99. The summed E-state index contributed by atoms with van der Waals surface area (Å²) in [6.07, 6.45) is 1.12. The van der Waals surface area contributed by atoms with E-state index in [0.717, 1.165) is 6.42 Å². The Morgan fingerprint density at radius 1 is 1.27 bits per heavy atom. The van der Waals surface area contributed by atoms with Crippen LogP contribution in [0.3, 0.4) is 0 Å². The van der Waals surface area contributed by atoms with E-state index in [-0.39, 0.29) is 17.4 Å². The van der Waals surface area contributed by atoms with Crippen molar-refractivity contribution in [2.45, 2.75) is 19.3 Å². The molecule has 59 valence electrons. The van der Waals surface area contributed by atoms with Gasteiger partial charge in [0.25, 0.3) is 0 Å². The maximum atomic E-state index is 4.03. The van der Waals surface area contributed by atoms with Crippen molar-refractivity contribution in [2.75, 3.05) is 0 Å². The van der Waals surface area contributed by atoms with Gasteiger partial charge in [-0.15, -0.1) is 0 Å². The first-order valence-electron chi connectivity index (χ1n) is 3.72. The summed E-state index contributed by atoms with van der Waals surface area (Å²) in [6, 6.07) is 10.4. The summed E-state index contributed by atoms with van der Waals surface area (Å²) in [5.41, 5.74) is 1.34. The summed E-state index contributed by atoms with van der Waals surface area (Å²) in [6.45, 7) is 6.18. The van der Waals surface area contributed by atoms with Gasteiger partial charge in [0.1, 0.15) is 0 Å². The molecule has 0 aliphatic heterocycles. The highest BCUT2D eigenvalue weighted by molar-refractivity contribution is 5.75. The zero-order chi connectivity index (χ0) is 7.40. The molecule has 1 unspecified atom stereocenters. The van der Waals surface area contributed by atoms with Crippen LogP contribution in [0.15, 0.2) is 30.3 Å². The zero-order valence-electron chi connectivity index (χ0n) is 6.38. The van der Waals surface area contributed by atoms with Crippen LogP contribution in [0.25, 0.3) is 0 Å². The van der Waals surface area contributed by atoms with E-state index in [4.69, 9.17) is 0 Å². The lowest BCUT2D eigenvalue weighted by Gasteiger charge is -2.06. The molecule has 0 amide bonds. The molecule has 0 N–H and O–H groups in total. The van der Waals surface area contributed by atoms with Crippen LogP contribution < -0.4 is 0 Å². The van der Waals surface area contributed by atoms with E-state index in [9.17, 15) is 0 Å². The first-order chi connectivity index (χ1) is 4.84. The summed E-state index contributed by atoms with van der Waals surface area (Å²) in [5.74, 6) is 0.459. The van der Waals surface area contributed by atoms with E-state index in [1.165, 1.54) is 5.56 Å². The fourth-order valence-corrected chi connectivity index (χ4v) is 0.961. The van der Waals surface area contributed by atoms with E-state index in [1.807, 2.05) is 6.07 Å². The predicted octanol–water partition coefficient (Wildman–Crippen LogP) is 1.83. The average Bonchev–Trinajstić information content (AvgIpc) is 2.05. The minimum atomic E-state index is 0. The summed E-state index contributed by atoms with van der Waals surface area (Å²) >= 11 is 0. The van der Waals surface area contributed by atoms with Crippen molar-refractivity contribution in [3.8, 4) is 0 Å². The molecule has 1 heteroatoms. The van der Waals surface area contributed by atoms with Gasteiger partial charge in [-0.05, 0) is 24.8 Å². The SMILES string of the molecule is [AlH3].[CH2]C(CC)c1ccccc1. The molecule has 0 saturated heterocycles. The van der Waals surface area contributed by atoms with Crippen LogP contribution in [0.5, 0.6) is 0 Å². The first kappa shape index (κ1) is 10.8. The third-order valence-corrected chi connectivity index (χ3v) is 1.76. The molecule has 1 atom stereocenters. The third kappa shape index (κ3) is 3.10. The van der Waals surface area contributed by atoms with Crippen molar-refractivity contribution < 1.29 is 0 Å². The summed E-state index contributed by atoms with van der Waals surface area (Å²) < 4.78 is 0. The van der Waals surface area contributed by atoms with Gasteiger partial charge in [-0.25, -0.2) is 0 Å². The first-order valence-corrected chi connectivity index (χ1v) is 3.72. The summed E-state index contributed by atoms with van der Waals surface area (Å²) in [5, 5.41) is 0. The minimum Gasteiger partial charge on any atom is -0.0648 e. The maximum Gasteiger partial charge on any atom is 0.187 e. The fraction of sp³-hybridized carbons (Fsp3) is 0.300. The highest BCUT2D eigenvalue weighted by Crippen LogP contribution is 2.16. The van der Waals surface area contributed by atoms with Crippen molar-refractivity contribution in [3.63, 3.8) is 0 Å². The molecule has 0 nitrogen and oxygen atoms in total. The lowest BCUT2D eigenvalue weighted by Crippen LogP contribution is -1.89. The minimum absolute atomic E-state index is 0. The van der Waals surface area contributed by atoms with Gasteiger partial charge in [0.05, 0.1) is 0 Å². The van der Waals surface area contributed by atoms with E-state index in [1.54, 1.807) is 0 Å². The molecule has 1 aromatic carbocycles. The van der Waals surface area contributed by atoms with Gasteiger partial charge < -0.3 is 0 Å². The zero-order valence-corrected chi connectivity index (χ0v) is 6.38. The van der Waals surface area contributed by atoms with E-state index in [0.29, 0.717) is 5.92 Å². The monoisotopic (exact) mass is 163 g/mol.